The Morgan fingerprint density at radius 2 is 1.68 bits per heavy atom. The van der Waals surface area contributed by atoms with E-state index in [1.165, 1.54) is 55.3 Å². The van der Waals surface area contributed by atoms with Crippen LogP contribution in [0.25, 0.3) is 0 Å². The first-order valence-electron chi connectivity index (χ1n) is 11.7. The normalized spacial score (nSPS) is 11.9. The Morgan fingerprint density at radius 3 is 2.32 bits per heavy atom. The summed E-state index contributed by atoms with van der Waals surface area (Å²) >= 11 is 0. The van der Waals surface area contributed by atoms with Crippen LogP contribution in [-0.4, -0.2) is 51.4 Å². The molecule has 0 aliphatic heterocycles. The molecule has 0 saturated heterocycles. The maximum atomic E-state index is 14.5. The molecule has 2 amide bonds. The molecular formula is C27H30FN3O5S. The molecule has 0 spiro atoms. The molecule has 0 saturated carbocycles. The Kier molecular flexibility index (Phi) is 9.24. The molecular weight excluding hydrogens is 497 g/mol. The predicted octanol–water partition coefficient (Wildman–Crippen LogP) is 3.58. The maximum absolute atomic E-state index is 14.5. The molecule has 37 heavy (non-hydrogen) atoms. The zero-order chi connectivity index (χ0) is 27.0. The van der Waals surface area contributed by atoms with Crippen LogP contribution in [0.4, 0.5) is 10.1 Å². The lowest BCUT2D eigenvalue weighted by atomic mass is 10.1. The summed E-state index contributed by atoms with van der Waals surface area (Å²) in [6, 6.07) is 19.0. The number of benzene rings is 3. The number of halogens is 1. The van der Waals surface area contributed by atoms with E-state index in [4.69, 9.17) is 4.74 Å². The summed E-state index contributed by atoms with van der Waals surface area (Å²) in [5.41, 5.74) is 0.402. The van der Waals surface area contributed by atoms with Gasteiger partial charge < -0.3 is 15.0 Å². The van der Waals surface area contributed by atoms with E-state index in [0.717, 1.165) is 4.31 Å². The largest absolute Gasteiger partial charge is 0.497 e. The lowest BCUT2D eigenvalue weighted by Crippen LogP contribution is -2.51. The van der Waals surface area contributed by atoms with Crippen LogP contribution in [0.3, 0.4) is 0 Å². The van der Waals surface area contributed by atoms with E-state index in [9.17, 15) is 22.4 Å². The first kappa shape index (κ1) is 27.7. The zero-order valence-electron chi connectivity index (χ0n) is 20.9. The molecule has 3 aromatic carbocycles. The number of sulfonamides is 1. The van der Waals surface area contributed by atoms with Crippen LogP contribution in [0.15, 0.2) is 83.8 Å². The molecule has 0 aliphatic carbocycles. The molecule has 0 aliphatic rings. The molecule has 0 radical (unpaired) electrons. The average molecular weight is 528 g/mol. The van der Waals surface area contributed by atoms with Crippen molar-refractivity contribution in [2.75, 3.05) is 24.5 Å². The van der Waals surface area contributed by atoms with E-state index in [2.05, 4.69) is 5.32 Å². The molecule has 0 fully saturated rings. The van der Waals surface area contributed by atoms with Gasteiger partial charge in [-0.15, -0.1) is 0 Å². The van der Waals surface area contributed by atoms with Crippen molar-refractivity contribution < 1.29 is 27.1 Å². The van der Waals surface area contributed by atoms with Gasteiger partial charge in [0.25, 0.3) is 10.0 Å². The zero-order valence-corrected chi connectivity index (χ0v) is 21.7. The first-order valence-corrected chi connectivity index (χ1v) is 13.2. The summed E-state index contributed by atoms with van der Waals surface area (Å²) in [7, 11) is -2.74. The number of likely N-dealkylation sites (N-methyl/N-ethyl adjacent to an activating group) is 1. The smallest absolute Gasteiger partial charge is 0.264 e. The van der Waals surface area contributed by atoms with Gasteiger partial charge in [-0.1, -0.05) is 42.5 Å². The molecule has 3 rings (SSSR count). The van der Waals surface area contributed by atoms with Crippen molar-refractivity contribution in [2.45, 2.75) is 31.3 Å². The summed E-state index contributed by atoms with van der Waals surface area (Å²) in [4.78, 5) is 27.6. The number of hydrogen-bond donors (Lipinski definition) is 1. The number of nitrogens with one attached hydrogen (secondary N) is 1. The molecule has 0 aromatic heterocycles. The van der Waals surface area contributed by atoms with E-state index in [1.807, 2.05) is 0 Å². The van der Waals surface area contributed by atoms with E-state index in [-0.39, 0.29) is 22.7 Å². The fourth-order valence-electron chi connectivity index (χ4n) is 3.73. The van der Waals surface area contributed by atoms with Crippen LogP contribution in [0.2, 0.25) is 0 Å². The SMILES string of the molecule is CCNC(=O)[C@@H](C)N(Cc1ccccc1F)C(=O)CN(c1cccc(OC)c1)S(=O)(=O)c1ccccc1. The Balaban J connectivity index is 2.05. The fraction of sp³-hybridized carbons (Fsp3) is 0.259. The van der Waals surface area contributed by atoms with E-state index < -0.39 is 40.2 Å². The van der Waals surface area contributed by atoms with Gasteiger partial charge in [0, 0.05) is 24.7 Å². The van der Waals surface area contributed by atoms with Gasteiger partial charge in [-0.2, -0.15) is 0 Å². The molecule has 10 heteroatoms. The minimum atomic E-state index is -4.19. The van der Waals surface area contributed by atoms with Crippen molar-refractivity contribution in [1.82, 2.24) is 10.2 Å². The number of amides is 2. The molecule has 3 aromatic rings. The maximum Gasteiger partial charge on any atom is 0.264 e. The Labute approximate surface area is 216 Å². The molecule has 0 unspecified atom stereocenters. The lowest BCUT2D eigenvalue weighted by molar-refractivity contribution is -0.139. The molecule has 0 bridgehead atoms. The third-order valence-electron chi connectivity index (χ3n) is 5.77. The summed E-state index contributed by atoms with van der Waals surface area (Å²) < 4.78 is 48.1. The van der Waals surface area contributed by atoms with E-state index in [0.29, 0.717) is 12.3 Å². The summed E-state index contributed by atoms with van der Waals surface area (Å²) in [6.07, 6.45) is 0. The summed E-state index contributed by atoms with van der Waals surface area (Å²) in [6.45, 7) is 2.75. The Bertz CT molecular complexity index is 1330. The van der Waals surface area contributed by atoms with Gasteiger partial charge in [0.1, 0.15) is 24.2 Å². The van der Waals surface area contributed by atoms with Crippen molar-refractivity contribution >= 4 is 27.5 Å². The van der Waals surface area contributed by atoms with Crippen molar-refractivity contribution in [2.24, 2.45) is 0 Å². The van der Waals surface area contributed by atoms with Gasteiger partial charge in [0.05, 0.1) is 17.7 Å². The van der Waals surface area contributed by atoms with Crippen LogP contribution >= 0.6 is 0 Å². The topological polar surface area (TPSA) is 96.0 Å². The van der Waals surface area contributed by atoms with Gasteiger partial charge in [-0.3, -0.25) is 13.9 Å². The monoisotopic (exact) mass is 527 g/mol. The number of carbonyl (C=O) groups excluding carboxylic acids is 2. The van der Waals surface area contributed by atoms with Crippen molar-refractivity contribution in [3.05, 3.63) is 90.2 Å². The van der Waals surface area contributed by atoms with E-state index >= 15 is 0 Å². The number of ether oxygens (including phenoxy) is 1. The molecule has 1 N–H and O–H groups in total. The van der Waals surface area contributed by atoms with Crippen molar-refractivity contribution in [1.29, 1.82) is 0 Å². The van der Waals surface area contributed by atoms with Gasteiger partial charge in [0.15, 0.2) is 0 Å². The highest BCUT2D eigenvalue weighted by Gasteiger charge is 2.32. The number of methoxy groups -OCH3 is 1. The van der Waals surface area contributed by atoms with Gasteiger partial charge in [-0.05, 0) is 44.2 Å². The van der Waals surface area contributed by atoms with Gasteiger partial charge in [0.2, 0.25) is 11.8 Å². The van der Waals surface area contributed by atoms with E-state index in [1.54, 1.807) is 49.4 Å². The van der Waals surface area contributed by atoms with Gasteiger partial charge in [-0.25, -0.2) is 12.8 Å². The lowest BCUT2D eigenvalue weighted by Gasteiger charge is -2.32. The molecule has 1 atom stereocenters. The van der Waals surface area contributed by atoms with Crippen LogP contribution < -0.4 is 14.4 Å². The second-order valence-corrected chi connectivity index (χ2v) is 10.1. The average Bonchev–Trinajstić information content (AvgIpc) is 2.91. The minimum Gasteiger partial charge on any atom is -0.497 e. The molecule has 8 nitrogen and oxygen atoms in total. The highest BCUT2D eigenvalue weighted by molar-refractivity contribution is 7.92. The van der Waals surface area contributed by atoms with Crippen molar-refractivity contribution in [3.8, 4) is 5.75 Å². The first-order chi connectivity index (χ1) is 17.7. The van der Waals surface area contributed by atoms with Crippen LogP contribution in [0.5, 0.6) is 5.75 Å². The molecule has 0 heterocycles. The highest BCUT2D eigenvalue weighted by Crippen LogP contribution is 2.27. The standard InChI is InChI=1S/C27H30FN3O5S/c1-4-29-27(33)20(2)30(18-21-11-8-9-16-25(21)28)26(32)19-31(22-12-10-13-23(17-22)36-3)37(34,35)24-14-6-5-7-15-24/h5-17,20H,4,18-19H2,1-3H3,(H,29,33)/t20-/m1/s1. The number of nitrogens with zero attached hydrogens (tertiary/aromatic N) is 2. The Morgan fingerprint density at radius 1 is 1.00 bits per heavy atom. The van der Waals surface area contributed by atoms with Crippen LogP contribution in [0, 0.1) is 5.82 Å². The molecule has 196 valence electrons. The number of hydrogen-bond acceptors (Lipinski definition) is 5. The summed E-state index contributed by atoms with van der Waals surface area (Å²) in [5.74, 6) is -1.25. The van der Waals surface area contributed by atoms with Crippen molar-refractivity contribution in [3.63, 3.8) is 0 Å². The van der Waals surface area contributed by atoms with Crippen LogP contribution in [0.1, 0.15) is 19.4 Å². The minimum absolute atomic E-state index is 0.0111. The number of anilines is 1. The third-order valence-corrected chi connectivity index (χ3v) is 7.56. The highest BCUT2D eigenvalue weighted by atomic mass is 32.2. The quantitative estimate of drug-likeness (QED) is 0.411. The van der Waals surface area contributed by atoms with Crippen LogP contribution in [-0.2, 0) is 26.2 Å². The number of carbonyl (C=O) groups is 2. The second kappa shape index (κ2) is 12.4. The summed E-state index contributed by atoms with van der Waals surface area (Å²) in [5, 5.41) is 2.66. The third kappa shape index (κ3) is 6.65. The Hall–Kier alpha value is -3.92. The second-order valence-electron chi connectivity index (χ2n) is 8.21. The van der Waals surface area contributed by atoms with Gasteiger partial charge >= 0.3 is 0 Å². The number of rotatable bonds is 11. The predicted molar refractivity (Wildman–Crippen MR) is 139 cm³/mol. The fourth-order valence-corrected chi connectivity index (χ4v) is 5.16.